The minimum Gasteiger partial charge on any atom is -0.208 e. The van der Waals surface area contributed by atoms with Gasteiger partial charge < -0.3 is 0 Å². The van der Waals surface area contributed by atoms with Gasteiger partial charge in [-0.15, -0.1) is 0 Å². The molecule has 0 aromatic heterocycles. The first-order chi connectivity index (χ1) is 9.96. The lowest BCUT2D eigenvalue weighted by Crippen LogP contribution is -2.20. The molecule has 0 unspecified atom stereocenters. The van der Waals surface area contributed by atoms with Gasteiger partial charge in [0.15, 0.2) is 0 Å². The van der Waals surface area contributed by atoms with E-state index in [1.165, 1.54) is 18.2 Å². The molecule has 0 saturated heterocycles. The van der Waals surface area contributed by atoms with Gasteiger partial charge in [0, 0.05) is 22.5 Å². The number of hydrogen-bond acceptors (Lipinski definition) is 2. The van der Waals surface area contributed by atoms with Crippen LogP contribution in [0.4, 0.5) is 4.39 Å². The molecule has 110 valence electrons. The Bertz CT molecular complexity index is 743. The maximum absolute atomic E-state index is 13.4. The maximum Gasteiger partial charge on any atom is 0.234 e. The maximum atomic E-state index is 13.4. The predicted molar refractivity (Wildman–Crippen MR) is 82.6 cm³/mol. The van der Waals surface area contributed by atoms with Crippen molar-refractivity contribution in [2.24, 2.45) is 0 Å². The topological polar surface area (TPSA) is 46.2 Å². The Morgan fingerprint density at radius 1 is 1.10 bits per heavy atom. The number of hydrogen-bond donors (Lipinski definition) is 1. The minimum atomic E-state index is -3.64. The summed E-state index contributed by atoms with van der Waals surface area (Å²) in [4.78, 5) is 0. The first-order valence-corrected chi connectivity index (χ1v) is 8.05. The number of sulfonamides is 1. The van der Waals surface area contributed by atoms with Crippen LogP contribution in [0.15, 0.2) is 53.9 Å². The van der Waals surface area contributed by atoms with Gasteiger partial charge in [-0.05, 0) is 29.8 Å². The fraction of sp³-hybridized carbons (Fsp3) is 0.0667. The van der Waals surface area contributed by atoms with Crippen molar-refractivity contribution in [3.8, 4) is 0 Å². The zero-order valence-electron chi connectivity index (χ0n) is 11.0. The van der Waals surface area contributed by atoms with Crippen molar-refractivity contribution in [2.45, 2.75) is 6.54 Å². The molecule has 0 spiro atoms. The highest BCUT2D eigenvalue weighted by atomic mass is 35.5. The van der Waals surface area contributed by atoms with Crippen molar-refractivity contribution in [1.29, 1.82) is 0 Å². The standard InChI is InChI=1S/C15H13ClFNO2S/c16-14-7-5-12(6-8-14)11-18-21(19,20)10-9-13-3-1-2-4-15(13)17/h1-10,18H,11H2/b10-9+. The second-order valence-electron chi connectivity index (χ2n) is 4.32. The zero-order valence-corrected chi connectivity index (χ0v) is 12.5. The molecule has 2 aromatic rings. The molecule has 1 N–H and O–H groups in total. The number of halogens is 2. The quantitative estimate of drug-likeness (QED) is 0.913. The summed E-state index contributed by atoms with van der Waals surface area (Å²) < 4.78 is 39.4. The number of benzene rings is 2. The average molecular weight is 326 g/mol. The Morgan fingerprint density at radius 2 is 1.76 bits per heavy atom. The van der Waals surface area contributed by atoms with E-state index in [0.29, 0.717) is 5.02 Å². The third-order valence-electron chi connectivity index (χ3n) is 2.72. The molecule has 0 amide bonds. The molecular weight excluding hydrogens is 313 g/mol. The van der Waals surface area contributed by atoms with Crippen LogP contribution in [0.25, 0.3) is 6.08 Å². The summed E-state index contributed by atoms with van der Waals surface area (Å²) in [5, 5.41) is 1.53. The third kappa shape index (κ3) is 4.97. The van der Waals surface area contributed by atoms with Crippen molar-refractivity contribution in [3.05, 3.63) is 75.9 Å². The van der Waals surface area contributed by atoms with Gasteiger partial charge in [-0.25, -0.2) is 17.5 Å². The van der Waals surface area contributed by atoms with Gasteiger partial charge in [0.25, 0.3) is 0 Å². The summed E-state index contributed by atoms with van der Waals surface area (Å²) >= 11 is 5.75. The lowest BCUT2D eigenvalue weighted by atomic mass is 10.2. The number of nitrogens with one attached hydrogen (secondary N) is 1. The van der Waals surface area contributed by atoms with Crippen molar-refractivity contribution in [3.63, 3.8) is 0 Å². The fourth-order valence-corrected chi connectivity index (χ4v) is 2.52. The molecule has 2 rings (SSSR count). The SMILES string of the molecule is O=S(=O)(/C=C/c1ccccc1F)NCc1ccc(Cl)cc1. The Morgan fingerprint density at radius 3 is 2.43 bits per heavy atom. The lowest BCUT2D eigenvalue weighted by molar-refractivity contribution is 0.591. The fourth-order valence-electron chi connectivity index (χ4n) is 1.61. The van der Waals surface area contributed by atoms with E-state index >= 15 is 0 Å². The highest BCUT2D eigenvalue weighted by Crippen LogP contribution is 2.11. The van der Waals surface area contributed by atoms with E-state index in [4.69, 9.17) is 11.6 Å². The Hall–Kier alpha value is -1.69. The molecule has 2 aromatic carbocycles. The Kier molecular flexibility index (Phi) is 5.12. The van der Waals surface area contributed by atoms with E-state index in [0.717, 1.165) is 11.0 Å². The van der Waals surface area contributed by atoms with Gasteiger partial charge in [-0.3, -0.25) is 0 Å². The van der Waals surface area contributed by atoms with Gasteiger partial charge in [0.2, 0.25) is 10.0 Å². The van der Waals surface area contributed by atoms with E-state index < -0.39 is 15.8 Å². The third-order valence-corrected chi connectivity index (χ3v) is 4.02. The molecule has 0 aliphatic carbocycles. The Labute approximate surface area is 128 Å². The lowest BCUT2D eigenvalue weighted by Gasteiger charge is -2.03. The van der Waals surface area contributed by atoms with Crippen LogP contribution in [0.5, 0.6) is 0 Å². The van der Waals surface area contributed by atoms with Gasteiger partial charge in [-0.2, -0.15) is 0 Å². The van der Waals surface area contributed by atoms with Gasteiger partial charge in [0.1, 0.15) is 5.82 Å². The molecule has 0 fully saturated rings. The van der Waals surface area contributed by atoms with Crippen LogP contribution in [-0.2, 0) is 16.6 Å². The Balaban J connectivity index is 2.02. The van der Waals surface area contributed by atoms with Crippen molar-refractivity contribution in [1.82, 2.24) is 4.72 Å². The highest BCUT2D eigenvalue weighted by molar-refractivity contribution is 7.92. The summed E-state index contributed by atoms with van der Waals surface area (Å²) in [5.41, 5.74) is 0.997. The summed E-state index contributed by atoms with van der Waals surface area (Å²) in [6.07, 6.45) is 1.22. The first-order valence-electron chi connectivity index (χ1n) is 6.13. The summed E-state index contributed by atoms with van der Waals surface area (Å²) in [6.45, 7) is 0.140. The van der Waals surface area contributed by atoms with Crippen LogP contribution in [-0.4, -0.2) is 8.42 Å². The van der Waals surface area contributed by atoms with Crippen LogP contribution in [0.2, 0.25) is 5.02 Å². The van der Waals surface area contributed by atoms with Crippen molar-refractivity contribution < 1.29 is 12.8 Å². The van der Waals surface area contributed by atoms with E-state index in [1.807, 2.05) is 0 Å². The van der Waals surface area contributed by atoms with Crippen molar-refractivity contribution in [2.75, 3.05) is 0 Å². The molecule has 0 heterocycles. The van der Waals surface area contributed by atoms with E-state index in [-0.39, 0.29) is 12.1 Å². The van der Waals surface area contributed by atoms with E-state index in [1.54, 1.807) is 36.4 Å². The molecular formula is C15H13ClFNO2S. The molecule has 3 nitrogen and oxygen atoms in total. The van der Waals surface area contributed by atoms with Crippen LogP contribution < -0.4 is 4.72 Å². The molecule has 0 radical (unpaired) electrons. The molecule has 0 atom stereocenters. The smallest absolute Gasteiger partial charge is 0.208 e. The van der Waals surface area contributed by atoms with Gasteiger partial charge in [0.05, 0.1) is 0 Å². The summed E-state index contributed by atoms with van der Waals surface area (Å²) in [6, 6.07) is 12.8. The minimum absolute atomic E-state index is 0.140. The molecule has 0 bridgehead atoms. The molecule has 0 aliphatic rings. The predicted octanol–water partition coefficient (Wildman–Crippen LogP) is 3.57. The number of rotatable bonds is 5. The normalized spacial score (nSPS) is 11.9. The van der Waals surface area contributed by atoms with Crippen LogP contribution in [0, 0.1) is 5.82 Å². The van der Waals surface area contributed by atoms with E-state index in [9.17, 15) is 12.8 Å². The average Bonchev–Trinajstić information content (AvgIpc) is 2.46. The monoisotopic (exact) mass is 325 g/mol. The van der Waals surface area contributed by atoms with Crippen LogP contribution >= 0.6 is 11.6 Å². The summed E-state index contributed by atoms with van der Waals surface area (Å²) in [7, 11) is -3.64. The molecule has 0 saturated carbocycles. The van der Waals surface area contributed by atoms with Crippen molar-refractivity contribution >= 4 is 27.7 Å². The largest absolute Gasteiger partial charge is 0.234 e. The van der Waals surface area contributed by atoms with Gasteiger partial charge >= 0.3 is 0 Å². The van der Waals surface area contributed by atoms with Crippen LogP contribution in [0.3, 0.4) is 0 Å². The van der Waals surface area contributed by atoms with Gasteiger partial charge in [-0.1, -0.05) is 41.9 Å². The first kappa shape index (κ1) is 15.7. The van der Waals surface area contributed by atoms with Crippen LogP contribution in [0.1, 0.15) is 11.1 Å². The molecule has 0 aliphatic heterocycles. The summed E-state index contributed by atoms with van der Waals surface area (Å²) in [5.74, 6) is -0.471. The second kappa shape index (κ2) is 6.85. The zero-order chi connectivity index (χ0) is 15.3. The second-order valence-corrected chi connectivity index (χ2v) is 6.40. The highest BCUT2D eigenvalue weighted by Gasteiger charge is 2.06. The van der Waals surface area contributed by atoms with E-state index in [2.05, 4.69) is 4.72 Å². The molecule has 6 heteroatoms. The molecule has 21 heavy (non-hydrogen) atoms.